The second-order valence-electron chi connectivity index (χ2n) is 3.80. The fourth-order valence-corrected chi connectivity index (χ4v) is 3.05. The molecule has 2 fully saturated rings. The van der Waals surface area contributed by atoms with Crippen molar-refractivity contribution in [2.75, 3.05) is 13.1 Å². The van der Waals surface area contributed by atoms with E-state index < -0.39 is 0 Å². The number of thiazole rings is 1. The van der Waals surface area contributed by atoms with Crippen LogP contribution in [0.4, 0.5) is 0 Å². The number of fused-ring (bicyclic) bond motifs is 1. The summed E-state index contributed by atoms with van der Waals surface area (Å²) in [5.41, 5.74) is 1.36. The van der Waals surface area contributed by atoms with Crippen LogP contribution >= 0.6 is 11.3 Å². The average molecular weight is 180 g/mol. The first kappa shape index (κ1) is 7.04. The van der Waals surface area contributed by atoms with Crippen LogP contribution in [0.3, 0.4) is 0 Å². The lowest BCUT2D eigenvalue weighted by atomic mass is 10.2. The predicted molar refractivity (Wildman–Crippen MR) is 49.4 cm³/mol. The molecule has 3 heteroatoms. The van der Waals surface area contributed by atoms with Gasteiger partial charge in [0.15, 0.2) is 0 Å². The van der Waals surface area contributed by atoms with Gasteiger partial charge in [0.25, 0.3) is 0 Å². The highest BCUT2D eigenvalue weighted by Crippen LogP contribution is 2.55. The lowest BCUT2D eigenvalue weighted by Gasteiger charge is -1.99. The van der Waals surface area contributed by atoms with E-state index >= 15 is 0 Å². The summed E-state index contributed by atoms with van der Waals surface area (Å²) < 4.78 is 0. The number of rotatable bonds is 1. The van der Waals surface area contributed by atoms with Crippen molar-refractivity contribution in [1.29, 1.82) is 0 Å². The van der Waals surface area contributed by atoms with Crippen LogP contribution in [0, 0.1) is 18.8 Å². The highest BCUT2D eigenvalue weighted by Gasteiger charge is 2.54. The van der Waals surface area contributed by atoms with Crippen molar-refractivity contribution in [2.24, 2.45) is 11.8 Å². The number of aromatic nitrogens is 1. The molecule has 1 aliphatic heterocycles. The molecule has 64 valence electrons. The van der Waals surface area contributed by atoms with Crippen LogP contribution in [-0.4, -0.2) is 18.1 Å². The normalized spacial score (nSPS) is 38.2. The molecule has 1 unspecified atom stereocenters. The summed E-state index contributed by atoms with van der Waals surface area (Å²) in [6.45, 7) is 4.52. The maximum Gasteiger partial charge on any atom is 0.0897 e. The lowest BCUT2D eigenvalue weighted by Crippen LogP contribution is -2.14. The number of aryl methyl sites for hydroxylation is 1. The topological polar surface area (TPSA) is 24.9 Å². The summed E-state index contributed by atoms with van der Waals surface area (Å²) in [5.74, 6) is 2.62. The molecule has 1 saturated heterocycles. The molecule has 2 aliphatic rings. The third-order valence-electron chi connectivity index (χ3n) is 3.07. The van der Waals surface area contributed by atoms with E-state index in [4.69, 9.17) is 0 Å². The second-order valence-corrected chi connectivity index (χ2v) is 4.87. The molecule has 2 nitrogen and oxygen atoms in total. The molecule has 0 bridgehead atoms. The molecule has 3 rings (SSSR count). The fraction of sp³-hybridized carbons (Fsp3) is 0.667. The van der Waals surface area contributed by atoms with Crippen molar-refractivity contribution in [2.45, 2.75) is 12.8 Å². The molecule has 0 amide bonds. The van der Waals surface area contributed by atoms with Crippen molar-refractivity contribution in [1.82, 2.24) is 10.3 Å². The summed E-state index contributed by atoms with van der Waals surface area (Å²) in [7, 11) is 0. The molecule has 0 aromatic carbocycles. The van der Waals surface area contributed by atoms with Gasteiger partial charge in [-0.2, -0.15) is 0 Å². The van der Waals surface area contributed by atoms with Gasteiger partial charge in [-0.1, -0.05) is 0 Å². The summed E-state index contributed by atoms with van der Waals surface area (Å²) >= 11 is 1.78. The third kappa shape index (κ3) is 0.866. The number of hydrogen-bond donors (Lipinski definition) is 1. The monoisotopic (exact) mass is 180 g/mol. The van der Waals surface area contributed by atoms with E-state index in [2.05, 4.69) is 22.6 Å². The number of hydrogen-bond acceptors (Lipinski definition) is 3. The predicted octanol–water partition coefficient (Wildman–Crippen LogP) is 1.38. The molecule has 1 aliphatic carbocycles. The molecule has 1 N–H and O–H groups in total. The first-order chi connectivity index (χ1) is 5.86. The van der Waals surface area contributed by atoms with Crippen molar-refractivity contribution < 1.29 is 0 Å². The van der Waals surface area contributed by atoms with Crippen LogP contribution in [0.15, 0.2) is 5.38 Å². The van der Waals surface area contributed by atoms with E-state index in [9.17, 15) is 0 Å². The molecular weight excluding hydrogens is 168 g/mol. The quantitative estimate of drug-likeness (QED) is 0.706. The van der Waals surface area contributed by atoms with Gasteiger partial charge in [0, 0.05) is 11.3 Å². The summed E-state index contributed by atoms with van der Waals surface area (Å²) in [5, 5.41) is 6.85. The van der Waals surface area contributed by atoms with Crippen LogP contribution in [0.1, 0.15) is 16.6 Å². The Morgan fingerprint density at radius 3 is 2.83 bits per heavy atom. The second kappa shape index (κ2) is 2.30. The van der Waals surface area contributed by atoms with E-state index in [1.807, 2.05) is 0 Å². The summed E-state index contributed by atoms with van der Waals surface area (Å²) in [6, 6.07) is 0. The number of nitrogens with zero attached hydrogens (tertiary/aromatic N) is 1. The summed E-state index contributed by atoms with van der Waals surface area (Å²) in [4.78, 5) is 4.55. The third-order valence-corrected chi connectivity index (χ3v) is 3.86. The molecule has 0 radical (unpaired) electrons. The van der Waals surface area contributed by atoms with E-state index in [0.717, 1.165) is 17.8 Å². The van der Waals surface area contributed by atoms with Gasteiger partial charge in [0.1, 0.15) is 0 Å². The van der Waals surface area contributed by atoms with Gasteiger partial charge < -0.3 is 5.32 Å². The van der Waals surface area contributed by atoms with Crippen molar-refractivity contribution in [3.05, 3.63) is 16.1 Å². The van der Waals surface area contributed by atoms with Crippen LogP contribution < -0.4 is 5.32 Å². The Morgan fingerprint density at radius 2 is 2.25 bits per heavy atom. The van der Waals surface area contributed by atoms with E-state index in [0.29, 0.717) is 0 Å². The summed E-state index contributed by atoms with van der Waals surface area (Å²) in [6.07, 6.45) is 0. The number of nitrogens with one attached hydrogen (secondary N) is 1. The highest BCUT2D eigenvalue weighted by molar-refractivity contribution is 7.09. The van der Waals surface area contributed by atoms with Crippen LogP contribution in [-0.2, 0) is 0 Å². The smallest absolute Gasteiger partial charge is 0.0897 e. The Bertz CT molecular complexity index is 297. The molecule has 1 aromatic rings. The van der Waals surface area contributed by atoms with Gasteiger partial charge in [-0.15, -0.1) is 11.3 Å². The SMILES string of the molecule is Cc1nc(C2[C@H]3CNC[C@@H]23)cs1. The van der Waals surface area contributed by atoms with Crippen LogP contribution in [0.2, 0.25) is 0 Å². The Labute approximate surface area is 76.0 Å². The Balaban J connectivity index is 1.84. The largest absolute Gasteiger partial charge is 0.316 e. The molecule has 1 aromatic heterocycles. The minimum Gasteiger partial charge on any atom is -0.316 e. The Hall–Kier alpha value is -0.410. The maximum absolute atomic E-state index is 4.55. The van der Waals surface area contributed by atoms with Crippen molar-refractivity contribution >= 4 is 11.3 Å². The minimum absolute atomic E-state index is 0.802. The molecule has 1 saturated carbocycles. The zero-order valence-electron chi connectivity index (χ0n) is 7.08. The first-order valence-corrected chi connectivity index (χ1v) is 5.37. The minimum atomic E-state index is 0.802. The van der Waals surface area contributed by atoms with Gasteiger partial charge in [-0.3, -0.25) is 0 Å². The molecule has 0 spiro atoms. The van der Waals surface area contributed by atoms with Crippen LogP contribution in [0.25, 0.3) is 0 Å². The van der Waals surface area contributed by atoms with Crippen molar-refractivity contribution in [3.63, 3.8) is 0 Å². The Kier molecular flexibility index (Phi) is 1.35. The average Bonchev–Trinajstić information content (AvgIpc) is 2.55. The zero-order chi connectivity index (χ0) is 8.13. The maximum atomic E-state index is 4.55. The Morgan fingerprint density at radius 1 is 1.50 bits per heavy atom. The zero-order valence-corrected chi connectivity index (χ0v) is 7.90. The standard InChI is InChI=1S/C9H12N2S/c1-5-11-8(4-12-5)9-6-2-10-3-7(6)9/h4,6-7,9-10H,2-3H2,1H3/t6-,7+,9?. The van der Waals surface area contributed by atoms with E-state index in [1.54, 1.807) is 11.3 Å². The van der Waals surface area contributed by atoms with Crippen LogP contribution in [0.5, 0.6) is 0 Å². The molecule has 12 heavy (non-hydrogen) atoms. The van der Waals surface area contributed by atoms with Gasteiger partial charge >= 0.3 is 0 Å². The van der Waals surface area contributed by atoms with Gasteiger partial charge in [0.2, 0.25) is 0 Å². The first-order valence-electron chi connectivity index (χ1n) is 4.49. The van der Waals surface area contributed by atoms with Gasteiger partial charge in [-0.25, -0.2) is 4.98 Å². The fourth-order valence-electron chi connectivity index (χ4n) is 2.39. The van der Waals surface area contributed by atoms with Crippen molar-refractivity contribution in [3.8, 4) is 0 Å². The molecular formula is C9H12N2S. The van der Waals surface area contributed by atoms with E-state index in [-0.39, 0.29) is 0 Å². The molecule has 3 atom stereocenters. The lowest BCUT2D eigenvalue weighted by molar-refractivity contribution is 0.676. The van der Waals surface area contributed by atoms with E-state index in [1.165, 1.54) is 23.8 Å². The molecule has 2 heterocycles. The van der Waals surface area contributed by atoms with Gasteiger partial charge in [0.05, 0.1) is 10.7 Å². The highest BCUT2D eigenvalue weighted by atomic mass is 32.1. The van der Waals surface area contributed by atoms with Gasteiger partial charge in [-0.05, 0) is 31.8 Å². The number of piperidine rings is 1.